The van der Waals surface area contributed by atoms with Gasteiger partial charge in [-0.25, -0.2) is 9.98 Å². The molecule has 0 aromatic carbocycles. The van der Waals surface area contributed by atoms with Gasteiger partial charge in [-0.15, -0.1) is 24.0 Å². The molecule has 0 unspecified atom stereocenters. The highest BCUT2D eigenvalue weighted by molar-refractivity contribution is 14.0. The van der Waals surface area contributed by atoms with E-state index in [1.807, 2.05) is 6.20 Å². The summed E-state index contributed by atoms with van der Waals surface area (Å²) in [6, 6.07) is 4.27. The van der Waals surface area contributed by atoms with Crippen LogP contribution < -0.4 is 15.5 Å². The number of rotatable bonds is 8. The van der Waals surface area contributed by atoms with Crippen molar-refractivity contribution >= 4 is 35.8 Å². The van der Waals surface area contributed by atoms with E-state index in [0.29, 0.717) is 6.54 Å². The Kier molecular flexibility index (Phi) is 12.5. The van der Waals surface area contributed by atoms with Gasteiger partial charge >= 0.3 is 0 Å². The average Bonchev–Trinajstić information content (AvgIpc) is 3.04. The molecule has 1 aromatic rings. The third-order valence-corrected chi connectivity index (χ3v) is 6.04. The number of likely N-dealkylation sites (tertiary alicyclic amines) is 1. The maximum absolute atomic E-state index is 4.81. The monoisotopic (exact) mass is 543 g/mol. The van der Waals surface area contributed by atoms with Crippen LogP contribution in [-0.4, -0.2) is 86.7 Å². The highest BCUT2D eigenvalue weighted by Crippen LogP contribution is 2.15. The maximum Gasteiger partial charge on any atom is 0.191 e. The van der Waals surface area contributed by atoms with Gasteiger partial charge in [-0.1, -0.05) is 12.8 Å². The van der Waals surface area contributed by atoms with Crippen LogP contribution in [0.15, 0.2) is 23.3 Å². The smallest absolute Gasteiger partial charge is 0.191 e. The molecular formula is C23H42IN7. The number of nitrogens with zero attached hydrogens (tertiary/aromatic N) is 5. The lowest BCUT2D eigenvalue weighted by atomic mass is 10.2. The first kappa shape index (κ1) is 26.1. The van der Waals surface area contributed by atoms with Crippen molar-refractivity contribution in [1.29, 1.82) is 0 Å². The van der Waals surface area contributed by atoms with Gasteiger partial charge < -0.3 is 25.3 Å². The minimum Gasteiger partial charge on any atom is -0.357 e. The van der Waals surface area contributed by atoms with E-state index in [9.17, 15) is 0 Å². The first-order valence-corrected chi connectivity index (χ1v) is 11.9. The van der Waals surface area contributed by atoms with Gasteiger partial charge in [0, 0.05) is 45.5 Å². The number of guanidine groups is 1. The molecular weight excluding hydrogens is 501 g/mol. The first-order chi connectivity index (χ1) is 14.7. The van der Waals surface area contributed by atoms with E-state index in [4.69, 9.17) is 4.99 Å². The number of hydrogen-bond donors (Lipinski definition) is 2. The SMILES string of the molecule is CCNC(=NCc1ccnc(N2CCN(C)CC2)c1)NCCCN1CCCCCC1.I. The Morgan fingerprint density at radius 3 is 2.48 bits per heavy atom. The molecule has 2 fully saturated rings. The van der Waals surface area contributed by atoms with Crippen LogP contribution in [0.3, 0.4) is 0 Å². The zero-order valence-corrected chi connectivity index (χ0v) is 21.8. The summed E-state index contributed by atoms with van der Waals surface area (Å²) in [5.41, 5.74) is 1.21. The minimum atomic E-state index is 0. The highest BCUT2D eigenvalue weighted by Gasteiger charge is 2.15. The number of aromatic nitrogens is 1. The van der Waals surface area contributed by atoms with Gasteiger partial charge in [0.05, 0.1) is 6.54 Å². The lowest BCUT2D eigenvalue weighted by molar-refractivity contribution is 0.282. The fourth-order valence-corrected chi connectivity index (χ4v) is 4.15. The summed E-state index contributed by atoms with van der Waals surface area (Å²) in [6.45, 7) is 12.6. The molecule has 3 rings (SSSR count). The predicted octanol–water partition coefficient (Wildman–Crippen LogP) is 2.77. The van der Waals surface area contributed by atoms with Crippen molar-refractivity contribution in [1.82, 2.24) is 25.4 Å². The van der Waals surface area contributed by atoms with Gasteiger partial charge in [0.15, 0.2) is 5.96 Å². The highest BCUT2D eigenvalue weighted by atomic mass is 127. The van der Waals surface area contributed by atoms with E-state index in [2.05, 4.69) is 56.4 Å². The molecule has 0 bridgehead atoms. The van der Waals surface area contributed by atoms with Gasteiger partial charge in [-0.05, 0) is 70.6 Å². The third-order valence-electron chi connectivity index (χ3n) is 6.04. The summed E-state index contributed by atoms with van der Waals surface area (Å²) in [5, 5.41) is 6.89. The van der Waals surface area contributed by atoms with Crippen LogP contribution in [0.4, 0.5) is 5.82 Å². The van der Waals surface area contributed by atoms with E-state index in [0.717, 1.165) is 57.5 Å². The summed E-state index contributed by atoms with van der Waals surface area (Å²) in [6.07, 6.45) is 8.60. The van der Waals surface area contributed by atoms with Gasteiger partial charge in [0.2, 0.25) is 0 Å². The summed E-state index contributed by atoms with van der Waals surface area (Å²) in [7, 11) is 2.18. The topological polar surface area (TPSA) is 59.0 Å². The molecule has 176 valence electrons. The standard InChI is InChI=1S/C23H41N7.HI/c1-3-24-23(26-10-8-14-29-12-6-4-5-7-13-29)27-20-21-9-11-25-22(19-21)30-17-15-28(2)16-18-30;/h9,11,19H,3-8,10,12-18,20H2,1-2H3,(H2,24,26,27);1H. The molecule has 0 spiro atoms. The number of pyridine rings is 1. The van der Waals surface area contributed by atoms with E-state index < -0.39 is 0 Å². The van der Waals surface area contributed by atoms with Crippen LogP contribution >= 0.6 is 24.0 Å². The number of piperazine rings is 1. The molecule has 0 aliphatic carbocycles. The van der Waals surface area contributed by atoms with Crippen LogP contribution in [0.5, 0.6) is 0 Å². The molecule has 2 aliphatic heterocycles. The summed E-state index contributed by atoms with van der Waals surface area (Å²) in [4.78, 5) is 16.8. The van der Waals surface area contributed by atoms with Crippen LogP contribution in [0.25, 0.3) is 0 Å². The van der Waals surface area contributed by atoms with Crippen molar-refractivity contribution < 1.29 is 0 Å². The molecule has 31 heavy (non-hydrogen) atoms. The van der Waals surface area contributed by atoms with Crippen LogP contribution in [0, 0.1) is 0 Å². The third kappa shape index (κ3) is 9.49. The van der Waals surface area contributed by atoms with E-state index in [1.165, 1.54) is 50.9 Å². The Labute approximate surface area is 206 Å². The summed E-state index contributed by atoms with van der Waals surface area (Å²) in [5.74, 6) is 1.98. The molecule has 7 nitrogen and oxygen atoms in total. The molecule has 3 heterocycles. The van der Waals surface area contributed by atoms with Gasteiger partial charge in [-0.2, -0.15) is 0 Å². The Morgan fingerprint density at radius 1 is 1.03 bits per heavy atom. The van der Waals surface area contributed by atoms with Crippen molar-refractivity contribution in [3.8, 4) is 0 Å². The van der Waals surface area contributed by atoms with Crippen LogP contribution in [0.2, 0.25) is 0 Å². The van der Waals surface area contributed by atoms with Crippen LogP contribution in [0.1, 0.15) is 44.6 Å². The lowest BCUT2D eigenvalue weighted by Gasteiger charge is -2.33. The van der Waals surface area contributed by atoms with Crippen molar-refractivity contribution in [3.05, 3.63) is 23.9 Å². The fraction of sp³-hybridized carbons (Fsp3) is 0.739. The predicted molar refractivity (Wildman–Crippen MR) is 142 cm³/mol. The quantitative estimate of drug-likeness (QED) is 0.228. The fourth-order valence-electron chi connectivity index (χ4n) is 4.15. The Balaban J connectivity index is 0.00000341. The zero-order valence-electron chi connectivity index (χ0n) is 19.5. The Bertz CT molecular complexity index is 639. The number of nitrogens with one attached hydrogen (secondary N) is 2. The van der Waals surface area contributed by atoms with Gasteiger partial charge in [0.1, 0.15) is 5.82 Å². The largest absolute Gasteiger partial charge is 0.357 e. The van der Waals surface area contributed by atoms with Crippen molar-refractivity contribution in [2.75, 3.05) is 70.9 Å². The van der Waals surface area contributed by atoms with Crippen LogP contribution in [-0.2, 0) is 6.54 Å². The lowest BCUT2D eigenvalue weighted by Crippen LogP contribution is -2.44. The summed E-state index contributed by atoms with van der Waals surface area (Å²) < 4.78 is 0. The molecule has 8 heteroatoms. The molecule has 0 atom stereocenters. The molecule has 2 saturated heterocycles. The molecule has 2 N–H and O–H groups in total. The first-order valence-electron chi connectivity index (χ1n) is 11.9. The molecule has 2 aliphatic rings. The van der Waals surface area contributed by atoms with E-state index in [-0.39, 0.29) is 24.0 Å². The second-order valence-corrected chi connectivity index (χ2v) is 8.54. The molecule has 0 saturated carbocycles. The normalized spacial score (nSPS) is 18.9. The van der Waals surface area contributed by atoms with Crippen molar-refractivity contribution in [2.24, 2.45) is 4.99 Å². The van der Waals surface area contributed by atoms with Crippen molar-refractivity contribution in [3.63, 3.8) is 0 Å². The zero-order chi connectivity index (χ0) is 21.0. The maximum atomic E-state index is 4.81. The number of hydrogen-bond acceptors (Lipinski definition) is 5. The number of aliphatic imine (C=N–C) groups is 1. The molecule has 0 amide bonds. The Hall–Kier alpha value is -1.13. The number of likely N-dealkylation sites (N-methyl/N-ethyl adjacent to an activating group) is 1. The van der Waals surface area contributed by atoms with E-state index >= 15 is 0 Å². The molecule has 1 aromatic heterocycles. The second-order valence-electron chi connectivity index (χ2n) is 8.54. The van der Waals surface area contributed by atoms with Gasteiger partial charge in [0.25, 0.3) is 0 Å². The molecule has 0 radical (unpaired) electrons. The summed E-state index contributed by atoms with van der Waals surface area (Å²) >= 11 is 0. The van der Waals surface area contributed by atoms with E-state index in [1.54, 1.807) is 0 Å². The average molecular weight is 544 g/mol. The second kappa shape index (κ2) is 14.8. The number of anilines is 1. The number of halogens is 1. The van der Waals surface area contributed by atoms with Crippen molar-refractivity contribution in [2.45, 2.75) is 45.6 Å². The van der Waals surface area contributed by atoms with Gasteiger partial charge in [-0.3, -0.25) is 0 Å². The minimum absolute atomic E-state index is 0. The Morgan fingerprint density at radius 2 is 1.77 bits per heavy atom.